The number of rotatable bonds is 6. The van der Waals surface area contributed by atoms with E-state index in [9.17, 15) is 23.3 Å². The monoisotopic (exact) mass is 510 g/mol. The van der Waals surface area contributed by atoms with Crippen molar-refractivity contribution >= 4 is 38.9 Å². The third-order valence-electron chi connectivity index (χ3n) is 5.77. The number of carbonyl (C=O) groups excluding carboxylic acids is 1. The third-order valence-corrected chi connectivity index (χ3v) is 7.98. The van der Waals surface area contributed by atoms with Gasteiger partial charge in [0.2, 0.25) is 15.9 Å². The Morgan fingerprint density at radius 3 is 2.41 bits per heavy atom. The number of piperazine rings is 1. The fourth-order valence-corrected chi connectivity index (χ4v) is 5.45. The molecular formula is C21H23ClN4O7S. The van der Waals surface area contributed by atoms with Gasteiger partial charge in [-0.05, 0) is 25.1 Å². The normalized spacial score (nSPS) is 17.7. The molecule has 1 N–H and O–H groups in total. The minimum atomic E-state index is -3.73. The number of halogens is 1. The Hall–Kier alpha value is -2.93. The van der Waals surface area contributed by atoms with Crippen molar-refractivity contribution in [3.63, 3.8) is 0 Å². The van der Waals surface area contributed by atoms with Crippen LogP contribution in [0.3, 0.4) is 0 Å². The van der Waals surface area contributed by atoms with E-state index in [1.54, 1.807) is 13.0 Å². The number of ether oxygens (including phenoxy) is 2. The molecule has 0 spiro atoms. The minimum Gasteiger partial charge on any atom is -0.486 e. The van der Waals surface area contributed by atoms with Gasteiger partial charge in [0.1, 0.15) is 13.2 Å². The van der Waals surface area contributed by atoms with Gasteiger partial charge in [0.15, 0.2) is 11.5 Å². The van der Waals surface area contributed by atoms with Crippen molar-refractivity contribution in [3.8, 4) is 11.5 Å². The molecule has 2 aromatic carbocycles. The van der Waals surface area contributed by atoms with Crippen LogP contribution >= 0.6 is 11.6 Å². The highest BCUT2D eigenvalue weighted by Gasteiger charge is 2.32. The first-order valence-electron chi connectivity index (χ1n) is 10.6. The third kappa shape index (κ3) is 4.94. The van der Waals surface area contributed by atoms with Crippen molar-refractivity contribution in [2.45, 2.75) is 17.9 Å². The highest BCUT2D eigenvalue weighted by Crippen LogP contribution is 2.33. The maximum atomic E-state index is 13.1. The predicted octanol–water partition coefficient (Wildman–Crippen LogP) is 2.35. The van der Waals surface area contributed by atoms with Crippen molar-refractivity contribution < 1.29 is 27.6 Å². The Morgan fingerprint density at radius 1 is 1.09 bits per heavy atom. The number of amides is 1. The Balaban J connectivity index is 1.37. The number of fused-ring (bicyclic) bond motifs is 1. The van der Waals surface area contributed by atoms with E-state index in [-0.39, 0.29) is 40.3 Å². The summed E-state index contributed by atoms with van der Waals surface area (Å²) in [6.45, 7) is 3.63. The topological polar surface area (TPSA) is 131 Å². The number of carbonyl (C=O) groups is 1. The van der Waals surface area contributed by atoms with Crippen LogP contribution in [0.25, 0.3) is 0 Å². The van der Waals surface area contributed by atoms with Gasteiger partial charge in [-0.3, -0.25) is 19.8 Å². The molecule has 13 heteroatoms. The summed E-state index contributed by atoms with van der Waals surface area (Å²) < 4.78 is 38.5. The van der Waals surface area contributed by atoms with E-state index >= 15 is 0 Å². The van der Waals surface area contributed by atoms with Crippen LogP contribution in [0, 0.1) is 10.1 Å². The van der Waals surface area contributed by atoms with E-state index in [0.29, 0.717) is 37.8 Å². The molecule has 0 bridgehead atoms. The molecule has 0 aliphatic carbocycles. The summed E-state index contributed by atoms with van der Waals surface area (Å²) in [5, 5.41) is 13.6. The van der Waals surface area contributed by atoms with Crippen LogP contribution < -0.4 is 14.8 Å². The van der Waals surface area contributed by atoms with Gasteiger partial charge < -0.3 is 14.8 Å². The molecule has 0 radical (unpaired) electrons. The average molecular weight is 511 g/mol. The molecule has 1 atom stereocenters. The predicted molar refractivity (Wildman–Crippen MR) is 124 cm³/mol. The number of nitrogens with one attached hydrogen (secondary N) is 1. The molecule has 11 nitrogen and oxygen atoms in total. The quantitative estimate of drug-likeness (QED) is 0.462. The van der Waals surface area contributed by atoms with Crippen molar-refractivity contribution in [3.05, 3.63) is 51.5 Å². The molecule has 0 saturated carbocycles. The number of hydrogen-bond donors (Lipinski definition) is 1. The first-order valence-corrected chi connectivity index (χ1v) is 12.4. The molecule has 2 aliphatic heterocycles. The van der Waals surface area contributed by atoms with Crippen LogP contribution in [0.1, 0.15) is 6.92 Å². The smallest absolute Gasteiger partial charge is 0.271 e. The first kappa shape index (κ1) is 24.2. The number of nitro benzene ring substituents is 1. The fraction of sp³-hybridized carbons (Fsp3) is 0.381. The summed E-state index contributed by atoms with van der Waals surface area (Å²) in [7, 11) is -3.73. The summed E-state index contributed by atoms with van der Waals surface area (Å²) in [5.41, 5.74) is 0.0929. The molecule has 4 rings (SSSR count). The number of anilines is 1. The van der Waals surface area contributed by atoms with Crippen LogP contribution in [-0.4, -0.2) is 73.9 Å². The van der Waals surface area contributed by atoms with Gasteiger partial charge in [-0.1, -0.05) is 11.6 Å². The molecule has 34 heavy (non-hydrogen) atoms. The highest BCUT2D eigenvalue weighted by atomic mass is 35.5. The summed E-state index contributed by atoms with van der Waals surface area (Å²) in [4.78, 5) is 25.0. The molecule has 1 saturated heterocycles. The van der Waals surface area contributed by atoms with Gasteiger partial charge in [-0.15, -0.1) is 0 Å². The van der Waals surface area contributed by atoms with E-state index in [2.05, 4.69) is 5.32 Å². The Kier molecular flexibility index (Phi) is 6.94. The van der Waals surface area contributed by atoms with Gasteiger partial charge >= 0.3 is 0 Å². The molecule has 0 aromatic heterocycles. The summed E-state index contributed by atoms with van der Waals surface area (Å²) in [5.74, 6) is 0.572. The Labute approximate surface area is 201 Å². The maximum Gasteiger partial charge on any atom is 0.271 e. The Bertz CT molecular complexity index is 1220. The molecule has 2 aliphatic rings. The van der Waals surface area contributed by atoms with E-state index in [1.165, 1.54) is 34.6 Å². The largest absolute Gasteiger partial charge is 0.486 e. The van der Waals surface area contributed by atoms with Gasteiger partial charge in [0.25, 0.3) is 5.69 Å². The molecule has 2 aromatic rings. The second-order valence-electron chi connectivity index (χ2n) is 7.83. The summed E-state index contributed by atoms with van der Waals surface area (Å²) in [6.07, 6.45) is 0. The fourth-order valence-electron chi connectivity index (χ4n) is 3.79. The van der Waals surface area contributed by atoms with Crippen molar-refractivity contribution in [1.82, 2.24) is 9.21 Å². The van der Waals surface area contributed by atoms with Gasteiger partial charge in [0, 0.05) is 44.4 Å². The van der Waals surface area contributed by atoms with Crippen LogP contribution in [0.2, 0.25) is 5.02 Å². The van der Waals surface area contributed by atoms with Crippen molar-refractivity contribution in [2.24, 2.45) is 0 Å². The van der Waals surface area contributed by atoms with E-state index in [4.69, 9.17) is 21.1 Å². The second-order valence-corrected chi connectivity index (χ2v) is 10.2. The van der Waals surface area contributed by atoms with E-state index < -0.39 is 21.0 Å². The minimum absolute atomic E-state index is 0.0603. The average Bonchev–Trinajstić information content (AvgIpc) is 2.84. The summed E-state index contributed by atoms with van der Waals surface area (Å²) >= 11 is 6.06. The lowest BCUT2D eigenvalue weighted by atomic mass is 10.2. The lowest BCUT2D eigenvalue weighted by Gasteiger charge is -2.36. The maximum absolute atomic E-state index is 13.1. The van der Waals surface area contributed by atoms with E-state index in [0.717, 1.165) is 0 Å². The molecule has 1 amide bonds. The molecule has 2 heterocycles. The van der Waals surface area contributed by atoms with E-state index in [1.807, 2.05) is 4.90 Å². The zero-order valence-electron chi connectivity index (χ0n) is 18.3. The first-order chi connectivity index (χ1) is 16.2. The number of sulfonamides is 1. The number of hydrogen-bond acceptors (Lipinski definition) is 8. The van der Waals surface area contributed by atoms with Crippen molar-refractivity contribution in [2.75, 3.05) is 44.7 Å². The lowest BCUT2D eigenvalue weighted by Crippen LogP contribution is -2.53. The number of non-ortho nitro benzene ring substituents is 1. The number of nitro groups is 1. The second kappa shape index (κ2) is 9.74. The molecule has 1 fully saturated rings. The number of nitrogens with zero attached hydrogens (tertiary/aromatic N) is 3. The van der Waals surface area contributed by atoms with Crippen LogP contribution in [0.15, 0.2) is 41.3 Å². The van der Waals surface area contributed by atoms with Gasteiger partial charge in [0.05, 0.1) is 26.6 Å². The zero-order chi connectivity index (χ0) is 24.5. The standard InChI is InChI=1S/C21H23ClN4O7S/c1-14(21(27)23-18-4-2-15(26(28)29)12-17(18)22)24-6-8-25(9-7-24)34(30,31)16-3-5-19-20(13-16)33-11-10-32-19/h2-5,12-14H,6-11H2,1H3,(H,23,27)/t14-/m0/s1. The molecule has 182 valence electrons. The lowest BCUT2D eigenvalue weighted by molar-refractivity contribution is -0.384. The van der Waals surface area contributed by atoms with Crippen molar-refractivity contribution in [1.29, 1.82) is 0 Å². The number of benzene rings is 2. The van der Waals surface area contributed by atoms with Gasteiger partial charge in [-0.25, -0.2) is 8.42 Å². The zero-order valence-corrected chi connectivity index (χ0v) is 19.8. The van der Waals surface area contributed by atoms with Crippen LogP contribution in [0.4, 0.5) is 11.4 Å². The van der Waals surface area contributed by atoms with Crippen LogP contribution in [0.5, 0.6) is 11.5 Å². The molecular weight excluding hydrogens is 488 g/mol. The highest BCUT2D eigenvalue weighted by molar-refractivity contribution is 7.89. The summed E-state index contributed by atoms with van der Waals surface area (Å²) in [6, 6.07) is 7.80. The van der Waals surface area contributed by atoms with Gasteiger partial charge in [-0.2, -0.15) is 4.31 Å². The Morgan fingerprint density at radius 2 is 1.76 bits per heavy atom. The SMILES string of the molecule is C[C@@H](C(=O)Nc1ccc([N+](=O)[O-])cc1Cl)N1CCN(S(=O)(=O)c2ccc3c(c2)OCCO3)CC1. The van der Waals surface area contributed by atoms with Crippen LogP contribution in [-0.2, 0) is 14.8 Å². The molecule has 0 unspecified atom stereocenters.